The highest BCUT2D eigenvalue weighted by atomic mass is 16.7. The molecule has 0 bridgehead atoms. The number of hydrogen-bond acceptors (Lipinski definition) is 15. The van der Waals surface area contributed by atoms with Gasteiger partial charge < -0.3 is 63.3 Å². The van der Waals surface area contributed by atoms with E-state index in [9.17, 15) is 34.8 Å². The van der Waals surface area contributed by atoms with Gasteiger partial charge in [0.1, 0.15) is 36.3 Å². The minimum absolute atomic E-state index is 0.0246. The van der Waals surface area contributed by atoms with Gasteiger partial charge >= 0.3 is 11.9 Å². The number of hydrogen-bond donors (Lipinski definition) is 4. The average Bonchev–Trinajstić information content (AvgIpc) is 3.10. The first-order chi connectivity index (χ1) is 26.4. The fourth-order valence-electron chi connectivity index (χ4n) is 7.97. The standard InChI is InChI=1S/C41H69NO14/c1-10-11-13-18-31(46)54-39-27(5)52-33(23-41(39,6)49)55-36-26(4)53-40(35(48)34(36)42(7)8)56-37-28(19-20-43)21-24(2)29(44)17-15-12-14-16-25(3)51-32(47)22-30(45)38(37)50-9/h12,14-15,17,20,24-30,33-40,44-45,48-49H,10-11,13,16,18-19,21-23H2,1-9H3/b14-12-,17-15+/t24-,25-,26-,27+,28+,29+,30-,33+,34-,35-,36-,37+,38-,39+,40+,41-/m1/s1. The van der Waals surface area contributed by atoms with E-state index < -0.39 is 110 Å². The zero-order valence-corrected chi connectivity index (χ0v) is 34.7. The molecule has 4 N–H and O–H groups in total. The van der Waals surface area contributed by atoms with Crippen LogP contribution >= 0.6 is 0 Å². The summed E-state index contributed by atoms with van der Waals surface area (Å²) in [6, 6.07) is -0.751. The van der Waals surface area contributed by atoms with E-state index in [1.165, 1.54) is 7.11 Å². The Labute approximate surface area is 332 Å². The summed E-state index contributed by atoms with van der Waals surface area (Å²) in [5, 5.41) is 45.8. The predicted molar refractivity (Wildman–Crippen MR) is 205 cm³/mol. The third-order valence-corrected chi connectivity index (χ3v) is 11.0. The van der Waals surface area contributed by atoms with Crippen LogP contribution in [0, 0.1) is 11.8 Å². The van der Waals surface area contributed by atoms with Gasteiger partial charge in [0.25, 0.3) is 0 Å². The monoisotopic (exact) mass is 799 g/mol. The molecule has 0 aromatic heterocycles. The number of allylic oxidation sites excluding steroid dienone is 2. The lowest BCUT2D eigenvalue weighted by atomic mass is 9.82. The number of ether oxygens (including phenoxy) is 7. The predicted octanol–water partition coefficient (Wildman–Crippen LogP) is 2.98. The van der Waals surface area contributed by atoms with Crippen LogP contribution in [0.5, 0.6) is 0 Å². The molecule has 2 saturated heterocycles. The summed E-state index contributed by atoms with van der Waals surface area (Å²) in [5.41, 5.74) is -1.48. The molecule has 0 aliphatic carbocycles. The number of methoxy groups -OCH3 is 1. The molecular weight excluding hydrogens is 730 g/mol. The van der Waals surface area contributed by atoms with Crippen LogP contribution in [0.2, 0.25) is 0 Å². The van der Waals surface area contributed by atoms with Crippen LogP contribution in [0.1, 0.15) is 99.3 Å². The van der Waals surface area contributed by atoms with Crippen LogP contribution in [0.3, 0.4) is 0 Å². The maximum absolute atomic E-state index is 12.9. The molecule has 0 radical (unpaired) electrons. The van der Waals surface area contributed by atoms with E-state index in [1.54, 1.807) is 64.9 Å². The number of unbranched alkanes of at least 4 members (excludes halogenated alkanes) is 2. The summed E-state index contributed by atoms with van der Waals surface area (Å²) in [6.07, 6.45) is -1.26. The minimum Gasteiger partial charge on any atom is -0.462 e. The Balaban J connectivity index is 1.88. The molecule has 3 heterocycles. The molecule has 56 heavy (non-hydrogen) atoms. The van der Waals surface area contributed by atoms with Crippen LogP contribution in [-0.4, -0.2) is 150 Å². The van der Waals surface area contributed by atoms with Gasteiger partial charge in [-0.3, -0.25) is 9.59 Å². The van der Waals surface area contributed by atoms with E-state index >= 15 is 0 Å². The third kappa shape index (κ3) is 13.6. The molecule has 0 saturated carbocycles. The second kappa shape index (κ2) is 22.7. The average molecular weight is 800 g/mol. The van der Waals surface area contributed by atoms with E-state index in [4.69, 9.17) is 33.2 Å². The Kier molecular flexibility index (Phi) is 19.5. The minimum atomic E-state index is -1.48. The fourth-order valence-corrected chi connectivity index (χ4v) is 7.97. The van der Waals surface area contributed by atoms with Crippen LogP contribution in [0.25, 0.3) is 0 Å². The van der Waals surface area contributed by atoms with Crippen molar-refractivity contribution in [2.75, 3.05) is 21.2 Å². The number of rotatable bonds is 13. The molecule has 0 amide bonds. The van der Waals surface area contributed by atoms with Gasteiger partial charge in [-0.05, 0) is 66.5 Å². The Morgan fingerprint density at radius 3 is 2.36 bits per heavy atom. The molecule has 3 aliphatic heterocycles. The van der Waals surface area contributed by atoms with Crippen molar-refractivity contribution in [2.45, 2.75) is 185 Å². The van der Waals surface area contributed by atoms with Gasteiger partial charge in [-0.1, -0.05) is 51.0 Å². The number of aldehydes is 1. The van der Waals surface area contributed by atoms with E-state index in [2.05, 4.69) is 0 Å². The van der Waals surface area contributed by atoms with Gasteiger partial charge in [-0.25, -0.2) is 0 Å². The zero-order valence-electron chi connectivity index (χ0n) is 34.7. The lowest BCUT2D eigenvalue weighted by Gasteiger charge is -2.50. The summed E-state index contributed by atoms with van der Waals surface area (Å²) in [4.78, 5) is 39.3. The maximum Gasteiger partial charge on any atom is 0.308 e. The first-order valence-corrected chi connectivity index (χ1v) is 20.2. The number of cyclic esters (lactones) is 1. The van der Waals surface area contributed by atoms with E-state index in [0.717, 1.165) is 19.1 Å². The SMILES string of the molecule is CCCCCC(=O)O[C@H]1[C@H](C)O[C@@H](O[C@H]2[C@H](N(C)C)[C@@H](O)[C@H](O[C@H]3[C@@H](CC=O)C[C@@H](C)[C@@H](O)/C=C/C=C\C[C@@H](C)OC(=O)C[C@@H](O)[C@H]3OC)O[C@@H]2C)C[C@@]1(C)O. The van der Waals surface area contributed by atoms with Crippen molar-refractivity contribution in [1.29, 1.82) is 0 Å². The van der Waals surface area contributed by atoms with Gasteiger partial charge in [-0.15, -0.1) is 0 Å². The van der Waals surface area contributed by atoms with Crippen molar-refractivity contribution in [3.05, 3.63) is 24.3 Å². The molecular formula is C41H69NO14. The van der Waals surface area contributed by atoms with Crippen LogP contribution in [0.15, 0.2) is 24.3 Å². The van der Waals surface area contributed by atoms with Crippen LogP contribution in [-0.2, 0) is 47.5 Å². The number of aliphatic hydroxyl groups excluding tert-OH is 3. The highest BCUT2D eigenvalue weighted by Gasteiger charge is 2.52. The summed E-state index contributed by atoms with van der Waals surface area (Å²) >= 11 is 0. The molecule has 3 aliphatic rings. The van der Waals surface area contributed by atoms with Crippen molar-refractivity contribution < 1.29 is 68.0 Å². The molecule has 0 aromatic carbocycles. The van der Waals surface area contributed by atoms with Crippen molar-refractivity contribution >= 4 is 18.2 Å². The number of esters is 2. The molecule has 0 spiro atoms. The molecule has 16 atom stereocenters. The molecule has 0 unspecified atom stereocenters. The number of nitrogens with zero attached hydrogens (tertiary/aromatic N) is 1. The summed E-state index contributed by atoms with van der Waals surface area (Å²) < 4.78 is 42.5. The quantitative estimate of drug-likeness (QED) is 0.120. The summed E-state index contributed by atoms with van der Waals surface area (Å²) in [5.74, 6) is -2.08. The van der Waals surface area contributed by atoms with Gasteiger partial charge in [-0.2, -0.15) is 0 Å². The molecule has 0 aromatic rings. The molecule has 15 heteroatoms. The Hall–Kier alpha value is -2.31. The van der Waals surface area contributed by atoms with E-state index in [0.29, 0.717) is 12.8 Å². The number of aliphatic hydroxyl groups is 4. The fraction of sp³-hybridized carbons (Fsp3) is 0.829. The Morgan fingerprint density at radius 2 is 1.73 bits per heavy atom. The van der Waals surface area contributed by atoms with Crippen LogP contribution < -0.4 is 0 Å². The largest absolute Gasteiger partial charge is 0.462 e. The first-order valence-electron chi connectivity index (χ1n) is 20.2. The topological polar surface area (TPSA) is 200 Å². The highest BCUT2D eigenvalue weighted by molar-refractivity contribution is 5.70. The highest BCUT2D eigenvalue weighted by Crippen LogP contribution is 2.37. The van der Waals surface area contributed by atoms with Gasteiger partial charge in [0, 0.05) is 32.8 Å². The molecule has 15 nitrogen and oxygen atoms in total. The van der Waals surface area contributed by atoms with Crippen molar-refractivity contribution in [1.82, 2.24) is 4.90 Å². The second-order valence-electron chi connectivity index (χ2n) is 16.2. The van der Waals surface area contributed by atoms with Crippen molar-refractivity contribution in [3.8, 4) is 0 Å². The number of carbonyl (C=O) groups excluding carboxylic acids is 3. The van der Waals surface area contributed by atoms with Crippen LogP contribution in [0.4, 0.5) is 0 Å². The lowest BCUT2D eigenvalue weighted by molar-refractivity contribution is -0.344. The van der Waals surface area contributed by atoms with Gasteiger partial charge in [0.05, 0.1) is 43.0 Å². The van der Waals surface area contributed by atoms with Crippen molar-refractivity contribution in [2.24, 2.45) is 11.8 Å². The maximum atomic E-state index is 12.9. The van der Waals surface area contributed by atoms with Gasteiger partial charge in [0.15, 0.2) is 18.7 Å². The Morgan fingerprint density at radius 1 is 1.02 bits per heavy atom. The first kappa shape index (κ1) is 48.1. The molecule has 3 rings (SSSR count). The number of likely N-dealkylation sites (N-methyl/N-ethyl adjacent to an activating group) is 1. The zero-order chi connectivity index (χ0) is 41.7. The summed E-state index contributed by atoms with van der Waals surface area (Å²) in [6.45, 7) is 10.6. The summed E-state index contributed by atoms with van der Waals surface area (Å²) in [7, 11) is 4.87. The lowest BCUT2D eigenvalue weighted by Crippen LogP contribution is -2.66. The van der Waals surface area contributed by atoms with Gasteiger partial charge in [0.2, 0.25) is 0 Å². The normalized spacial score (nSPS) is 41.8. The molecule has 322 valence electrons. The third-order valence-electron chi connectivity index (χ3n) is 11.0. The van der Waals surface area contributed by atoms with E-state index in [1.807, 2.05) is 19.9 Å². The van der Waals surface area contributed by atoms with E-state index in [-0.39, 0.29) is 31.6 Å². The number of carbonyl (C=O) groups is 3. The Bertz CT molecular complexity index is 1280. The smallest absolute Gasteiger partial charge is 0.308 e. The molecule has 2 fully saturated rings. The second-order valence-corrected chi connectivity index (χ2v) is 16.2. The van der Waals surface area contributed by atoms with Crippen molar-refractivity contribution in [3.63, 3.8) is 0 Å².